The van der Waals surface area contributed by atoms with Gasteiger partial charge in [-0.15, -0.1) is 0 Å². The highest BCUT2D eigenvalue weighted by Crippen LogP contribution is 1.88. The van der Waals surface area contributed by atoms with Crippen molar-refractivity contribution in [2.75, 3.05) is 27.4 Å². The SMILES string of the molecule is COC[C@H](C)N[C@@H](C)COC. The van der Waals surface area contributed by atoms with E-state index in [0.717, 1.165) is 13.2 Å². The topological polar surface area (TPSA) is 30.5 Å². The van der Waals surface area contributed by atoms with Gasteiger partial charge in [0, 0.05) is 26.3 Å². The van der Waals surface area contributed by atoms with Crippen LogP contribution >= 0.6 is 0 Å². The molecule has 0 aromatic carbocycles. The van der Waals surface area contributed by atoms with Crippen molar-refractivity contribution in [2.24, 2.45) is 0 Å². The summed E-state index contributed by atoms with van der Waals surface area (Å²) >= 11 is 0. The van der Waals surface area contributed by atoms with E-state index in [9.17, 15) is 0 Å². The highest BCUT2D eigenvalue weighted by molar-refractivity contribution is 4.65. The zero-order valence-electron chi connectivity index (χ0n) is 7.89. The van der Waals surface area contributed by atoms with E-state index in [1.807, 2.05) is 0 Å². The van der Waals surface area contributed by atoms with Gasteiger partial charge < -0.3 is 14.8 Å². The van der Waals surface area contributed by atoms with E-state index in [4.69, 9.17) is 9.47 Å². The molecule has 0 fully saturated rings. The minimum atomic E-state index is 0.394. The summed E-state index contributed by atoms with van der Waals surface area (Å²) in [5.74, 6) is 0. The van der Waals surface area contributed by atoms with Gasteiger partial charge in [0.2, 0.25) is 0 Å². The first-order chi connectivity index (χ1) is 5.20. The Bertz CT molecular complexity index is 78.2. The molecule has 0 bridgehead atoms. The molecule has 68 valence electrons. The average molecular weight is 161 g/mol. The second kappa shape index (κ2) is 6.58. The van der Waals surface area contributed by atoms with Crippen LogP contribution in [0.15, 0.2) is 0 Å². The lowest BCUT2D eigenvalue weighted by Gasteiger charge is -2.18. The van der Waals surface area contributed by atoms with E-state index in [2.05, 4.69) is 19.2 Å². The zero-order valence-corrected chi connectivity index (χ0v) is 7.89. The third-order valence-corrected chi connectivity index (χ3v) is 1.40. The number of methoxy groups -OCH3 is 2. The largest absolute Gasteiger partial charge is 0.383 e. The molecule has 0 aliphatic carbocycles. The maximum Gasteiger partial charge on any atom is 0.0613 e. The first-order valence-corrected chi connectivity index (χ1v) is 3.94. The van der Waals surface area contributed by atoms with Crippen molar-refractivity contribution in [3.8, 4) is 0 Å². The number of hydrogen-bond acceptors (Lipinski definition) is 3. The number of hydrogen-bond donors (Lipinski definition) is 1. The van der Waals surface area contributed by atoms with Crippen LogP contribution < -0.4 is 5.32 Å². The molecule has 0 aromatic rings. The Kier molecular flexibility index (Phi) is 6.51. The Balaban J connectivity index is 3.32. The van der Waals surface area contributed by atoms with E-state index in [1.165, 1.54) is 0 Å². The summed E-state index contributed by atoms with van der Waals surface area (Å²) in [7, 11) is 3.42. The third-order valence-electron chi connectivity index (χ3n) is 1.40. The number of rotatable bonds is 6. The van der Waals surface area contributed by atoms with Crippen LogP contribution in [0.1, 0.15) is 13.8 Å². The summed E-state index contributed by atoms with van der Waals surface area (Å²) < 4.78 is 9.96. The van der Waals surface area contributed by atoms with Gasteiger partial charge in [-0.3, -0.25) is 0 Å². The molecule has 0 radical (unpaired) electrons. The standard InChI is InChI=1S/C8H19NO2/c1-7(5-10-3)9-8(2)6-11-4/h7-9H,5-6H2,1-4H3/t7-,8-/m0/s1. The van der Waals surface area contributed by atoms with Crippen molar-refractivity contribution in [3.63, 3.8) is 0 Å². The Morgan fingerprint density at radius 1 is 1.00 bits per heavy atom. The van der Waals surface area contributed by atoms with Crippen molar-refractivity contribution >= 4 is 0 Å². The van der Waals surface area contributed by atoms with Crippen LogP contribution in [-0.2, 0) is 9.47 Å². The molecule has 0 aliphatic heterocycles. The van der Waals surface area contributed by atoms with Gasteiger partial charge in [0.1, 0.15) is 0 Å². The van der Waals surface area contributed by atoms with Crippen LogP contribution in [-0.4, -0.2) is 39.5 Å². The molecule has 0 saturated heterocycles. The summed E-state index contributed by atoms with van der Waals surface area (Å²) in [6.07, 6.45) is 0. The minimum absolute atomic E-state index is 0.394. The fourth-order valence-electron chi connectivity index (χ4n) is 1.08. The van der Waals surface area contributed by atoms with Crippen molar-refractivity contribution in [2.45, 2.75) is 25.9 Å². The molecule has 3 heteroatoms. The fourth-order valence-corrected chi connectivity index (χ4v) is 1.08. The second-order valence-electron chi connectivity index (χ2n) is 2.88. The second-order valence-corrected chi connectivity index (χ2v) is 2.88. The van der Waals surface area contributed by atoms with E-state index < -0.39 is 0 Å². The van der Waals surface area contributed by atoms with Crippen LogP contribution in [0.5, 0.6) is 0 Å². The zero-order chi connectivity index (χ0) is 8.69. The van der Waals surface area contributed by atoms with Crippen LogP contribution in [0.4, 0.5) is 0 Å². The fraction of sp³-hybridized carbons (Fsp3) is 1.00. The Morgan fingerprint density at radius 2 is 1.36 bits per heavy atom. The molecular weight excluding hydrogens is 142 g/mol. The lowest BCUT2D eigenvalue weighted by Crippen LogP contribution is -2.39. The number of nitrogens with one attached hydrogen (secondary N) is 1. The van der Waals surface area contributed by atoms with Crippen LogP contribution in [0, 0.1) is 0 Å². The van der Waals surface area contributed by atoms with Gasteiger partial charge in [-0.2, -0.15) is 0 Å². The maximum absolute atomic E-state index is 4.98. The van der Waals surface area contributed by atoms with Gasteiger partial charge >= 0.3 is 0 Å². The molecule has 0 aliphatic rings. The summed E-state index contributed by atoms with van der Waals surface area (Å²) in [4.78, 5) is 0. The maximum atomic E-state index is 4.98. The molecule has 0 aromatic heterocycles. The molecule has 2 atom stereocenters. The van der Waals surface area contributed by atoms with Gasteiger partial charge in [-0.25, -0.2) is 0 Å². The molecule has 0 saturated carbocycles. The van der Waals surface area contributed by atoms with Crippen LogP contribution in [0.25, 0.3) is 0 Å². The predicted octanol–water partition coefficient (Wildman–Crippen LogP) is 0.646. The monoisotopic (exact) mass is 161 g/mol. The lowest BCUT2D eigenvalue weighted by molar-refractivity contribution is 0.139. The van der Waals surface area contributed by atoms with Gasteiger partial charge in [0.05, 0.1) is 13.2 Å². The molecule has 0 amide bonds. The van der Waals surface area contributed by atoms with Crippen molar-refractivity contribution in [1.29, 1.82) is 0 Å². The lowest BCUT2D eigenvalue weighted by atomic mass is 10.3. The molecule has 3 nitrogen and oxygen atoms in total. The molecule has 0 rings (SSSR count). The molecule has 0 spiro atoms. The van der Waals surface area contributed by atoms with Crippen molar-refractivity contribution in [1.82, 2.24) is 5.32 Å². The molecule has 11 heavy (non-hydrogen) atoms. The summed E-state index contributed by atoms with van der Waals surface area (Å²) in [5.41, 5.74) is 0. The van der Waals surface area contributed by atoms with Crippen molar-refractivity contribution in [3.05, 3.63) is 0 Å². The number of ether oxygens (including phenoxy) is 2. The van der Waals surface area contributed by atoms with Gasteiger partial charge in [-0.05, 0) is 13.8 Å². The Hall–Kier alpha value is -0.120. The highest BCUT2D eigenvalue weighted by atomic mass is 16.5. The van der Waals surface area contributed by atoms with Gasteiger partial charge in [0.15, 0.2) is 0 Å². The Morgan fingerprint density at radius 3 is 1.64 bits per heavy atom. The van der Waals surface area contributed by atoms with E-state index in [0.29, 0.717) is 12.1 Å². The first kappa shape index (κ1) is 10.9. The normalized spacial score (nSPS) is 16.4. The molecular formula is C8H19NO2. The van der Waals surface area contributed by atoms with E-state index in [-0.39, 0.29) is 0 Å². The molecule has 0 heterocycles. The molecule has 1 N–H and O–H groups in total. The predicted molar refractivity (Wildman–Crippen MR) is 45.8 cm³/mol. The first-order valence-electron chi connectivity index (χ1n) is 3.94. The van der Waals surface area contributed by atoms with Crippen LogP contribution in [0.2, 0.25) is 0 Å². The Labute approximate surface area is 69.1 Å². The average Bonchev–Trinajstić information content (AvgIpc) is 1.87. The van der Waals surface area contributed by atoms with Gasteiger partial charge in [0.25, 0.3) is 0 Å². The van der Waals surface area contributed by atoms with Gasteiger partial charge in [-0.1, -0.05) is 0 Å². The third kappa shape index (κ3) is 6.28. The summed E-state index contributed by atoms with van der Waals surface area (Å²) in [5, 5.41) is 3.33. The van der Waals surface area contributed by atoms with E-state index >= 15 is 0 Å². The summed E-state index contributed by atoms with van der Waals surface area (Å²) in [6.45, 7) is 5.67. The van der Waals surface area contributed by atoms with Crippen molar-refractivity contribution < 1.29 is 9.47 Å². The van der Waals surface area contributed by atoms with Crippen LogP contribution in [0.3, 0.4) is 0 Å². The molecule has 0 unspecified atom stereocenters. The highest BCUT2D eigenvalue weighted by Gasteiger charge is 2.05. The quantitative estimate of drug-likeness (QED) is 0.620. The minimum Gasteiger partial charge on any atom is -0.383 e. The smallest absolute Gasteiger partial charge is 0.0613 e. The summed E-state index contributed by atoms with van der Waals surface area (Å²) in [6, 6.07) is 0.787. The van der Waals surface area contributed by atoms with E-state index in [1.54, 1.807) is 14.2 Å².